The van der Waals surface area contributed by atoms with Gasteiger partial charge in [-0.25, -0.2) is 0 Å². The van der Waals surface area contributed by atoms with E-state index < -0.39 is 5.79 Å². The first-order valence-electron chi connectivity index (χ1n) is 5.34. The highest BCUT2D eigenvalue weighted by Gasteiger charge is 2.42. The van der Waals surface area contributed by atoms with Crippen LogP contribution in [0.2, 0.25) is 0 Å². The topological polar surface area (TPSA) is 64.7 Å². The molecule has 0 unspecified atom stereocenters. The van der Waals surface area contributed by atoms with Crippen molar-refractivity contribution in [2.45, 2.75) is 31.8 Å². The molecule has 4 nitrogen and oxygen atoms in total. The number of benzene rings is 1. The van der Waals surface area contributed by atoms with E-state index in [0.29, 0.717) is 5.69 Å². The maximum Gasteiger partial charge on any atom is 0.164 e. The summed E-state index contributed by atoms with van der Waals surface area (Å²) in [6, 6.07) is 7.48. The maximum atomic E-state index is 9.28. The van der Waals surface area contributed by atoms with E-state index >= 15 is 0 Å². The van der Waals surface area contributed by atoms with Crippen molar-refractivity contribution < 1.29 is 14.6 Å². The number of nitrogens with two attached hydrogens (primary N) is 1. The van der Waals surface area contributed by atoms with E-state index in [9.17, 15) is 5.11 Å². The number of para-hydroxylation sites is 1. The first-order valence-corrected chi connectivity index (χ1v) is 5.34. The molecule has 0 spiro atoms. The Bertz CT molecular complexity index is 378. The van der Waals surface area contributed by atoms with Crippen molar-refractivity contribution in [3.63, 3.8) is 0 Å². The second-order valence-corrected chi connectivity index (χ2v) is 4.41. The molecule has 4 heteroatoms. The highest BCUT2D eigenvalue weighted by molar-refractivity contribution is 5.48. The summed E-state index contributed by atoms with van der Waals surface area (Å²) in [5, 5.41) is 9.28. The lowest BCUT2D eigenvalue weighted by Crippen LogP contribution is -2.23. The first-order chi connectivity index (χ1) is 7.53. The number of anilines is 1. The summed E-state index contributed by atoms with van der Waals surface area (Å²) in [6.07, 6.45) is -0.666. The normalized spacial score (nSPS) is 28.2. The van der Waals surface area contributed by atoms with Crippen LogP contribution in [0.1, 0.15) is 25.5 Å². The molecule has 1 aliphatic rings. The predicted molar refractivity (Wildman–Crippen MR) is 60.7 cm³/mol. The number of rotatable bonds is 2. The van der Waals surface area contributed by atoms with Gasteiger partial charge in [0, 0.05) is 11.3 Å². The fourth-order valence-electron chi connectivity index (χ4n) is 2.00. The van der Waals surface area contributed by atoms with Crippen LogP contribution in [0, 0.1) is 0 Å². The Morgan fingerprint density at radius 1 is 1.31 bits per heavy atom. The maximum absolute atomic E-state index is 9.28. The molecule has 3 N–H and O–H groups in total. The number of ether oxygens (including phenoxy) is 2. The highest BCUT2D eigenvalue weighted by atomic mass is 16.8. The smallest absolute Gasteiger partial charge is 0.164 e. The fraction of sp³-hybridized carbons (Fsp3) is 0.500. The van der Waals surface area contributed by atoms with Crippen molar-refractivity contribution in [1.29, 1.82) is 0 Å². The van der Waals surface area contributed by atoms with Crippen molar-refractivity contribution in [3.05, 3.63) is 29.8 Å². The lowest BCUT2D eigenvalue weighted by Gasteiger charge is -2.18. The van der Waals surface area contributed by atoms with E-state index in [-0.39, 0.29) is 18.8 Å². The van der Waals surface area contributed by atoms with Crippen LogP contribution in [0.4, 0.5) is 5.69 Å². The molecule has 0 aliphatic carbocycles. The Balaban J connectivity index is 2.30. The van der Waals surface area contributed by atoms with Gasteiger partial charge in [-0.05, 0) is 19.9 Å². The minimum atomic E-state index is -0.680. The largest absolute Gasteiger partial charge is 0.398 e. The fourth-order valence-corrected chi connectivity index (χ4v) is 2.00. The zero-order valence-corrected chi connectivity index (χ0v) is 9.51. The standard InChI is InChI=1S/C12H17NO3/c1-12(2)15-10(7-14)11(16-12)8-5-3-4-6-9(8)13/h3-6,10-11,14H,7,13H2,1-2H3/t10-,11-/m1/s1. The molecule has 0 radical (unpaired) electrons. The molecule has 1 saturated heterocycles. The summed E-state index contributed by atoms with van der Waals surface area (Å²) in [5.41, 5.74) is 7.42. The molecule has 2 rings (SSSR count). The molecule has 2 atom stereocenters. The summed E-state index contributed by atoms with van der Waals surface area (Å²) < 4.78 is 11.3. The summed E-state index contributed by atoms with van der Waals surface area (Å²) in [5.74, 6) is -0.680. The Hall–Kier alpha value is -1.10. The third-order valence-electron chi connectivity index (χ3n) is 2.67. The number of hydrogen-bond donors (Lipinski definition) is 2. The first kappa shape index (κ1) is 11.4. The van der Waals surface area contributed by atoms with Gasteiger partial charge in [0.25, 0.3) is 0 Å². The van der Waals surface area contributed by atoms with Crippen LogP contribution < -0.4 is 5.73 Å². The molecule has 0 amide bonds. The van der Waals surface area contributed by atoms with Crippen molar-refractivity contribution in [2.24, 2.45) is 0 Å². The quantitative estimate of drug-likeness (QED) is 0.745. The summed E-state index contributed by atoms with van der Waals surface area (Å²) >= 11 is 0. The van der Waals surface area contributed by atoms with E-state index in [1.165, 1.54) is 0 Å². The molecule has 88 valence electrons. The van der Waals surface area contributed by atoms with Crippen LogP contribution in [-0.4, -0.2) is 23.6 Å². The van der Waals surface area contributed by atoms with Crippen LogP contribution in [0.5, 0.6) is 0 Å². The predicted octanol–water partition coefficient (Wildman–Crippen LogP) is 1.45. The van der Waals surface area contributed by atoms with Gasteiger partial charge in [-0.15, -0.1) is 0 Å². The molecule has 1 fully saturated rings. The van der Waals surface area contributed by atoms with Gasteiger partial charge in [0.1, 0.15) is 12.2 Å². The van der Waals surface area contributed by atoms with E-state index in [1.807, 2.05) is 38.1 Å². The second-order valence-electron chi connectivity index (χ2n) is 4.41. The van der Waals surface area contributed by atoms with Crippen LogP contribution in [0.15, 0.2) is 24.3 Å². The van der Waals surface area contributed by atoms with Gasteiger partial charge in [-0.2, -0.15) is 0 Å². The van der Waals surface area contributed by atoms with Crippen LogP contribution in [0.25, 0.3) is 0 Å². The third-order valence-corrected chi connectivity index (χ3v) is 2.67. The summed E-state index contributed by atoms with van der Waals surface area (Å²) in [4.78, 5) is 0. The van der Waals surface area contributed by atoms with Gasteiger partial charge < -0.3 is 20.3 Å². The average Bonchev–Trinajstić information content (AvgIpc) is 2.54. The number of aliphatic hydroxyl groups is 1. The number of hydrogen-bond acceptors (Lipinski definition) is 4. The monoisotopic (exact) mass is 223 g/mol. The molecule has 0 saturated carbocycles. The molecule has 1 aromatic carbocycles. The lowest BCUT2D eigenvalue weighted by molar-refractivity contribution is -0.149. The van der Waals surface area contributed by atoms with Crippen molar-refractivity contribution in [2.75, 3.05) is 12.3 Å². The molecule has 1 aromatic rings. The third kappa shape index (κ3) is 2.04. The van der Waals surface area contributed by atoms with E-state index in [0.717, 1.165) is 5.56 Å². The Labute approximate surface area is 95.0 Å². The van der Waals surface area contributed by atoms with E-state index in [1.54, 1.807) is 0 Å². The zero-order valence-electron chi connectivity index (χ0n) is 9.51. The molecule has 1 heterocycles. The second kappa shape index (κ2) is 4.05. The highest BCUT2D eigenvalue weighted by Crippen LogP contribution is 2.39. The molecule has 0 bridgehead atoms. The SMILES string of the molecule is CC1(C)O[C@H](c2ccccc2N)[C@@H](CO)O1. The molecular weight excluding hydrogens is 206 g/mol. The Morgan fingerprint density at radius 3 is 2.62 bits per heavy atom. The van der Waals surface area contributed by atoms with Gasteiger partial charge in [0.05, 0.1) is 6.61 Å². The van der Waals surface area contributed by atoms with Crippen LogP contribution >= 0.6 is 0 Å². The lowest BCUT2D eigenvalue weighted by atomic mass is 10.0. The zero-order chi connectivity index (χ0) is 11.8. The summed E-state index contributed by atoms with van der Waals surface area (Å²) in [6.45, 7) is 3.58. The molecular formula is C12H17NO3. The van der Waals surface area contributed by atoms with Crippen molar-refractivity contribution in [1.82, 2.24) is 0 Å². The van der Waals surface area contributed by atoms with Crippen molar-refractivity contribution in [3.8, 4) is 0 Å². The summed E-state index contributed by atoms with van der Waals surface area (Å²) in [7, 11) is 0. The van der Waals surface area contributed by atoms with E-state index in [4.69, 9.17) is 15.2 Å². The number of aliphatic hydroxyl groups excluding tert-OH is 1. The molecule has 1 aliphatic heterocycles. The average molecular weight is 223 g/mol. The number of nitrogen functional groups attached to an aromatic ring is 1. The minimum Gasteiger partial charge on any atom is -0.398 e. The van der Waals surface area contributed by atoms with Gasteiger partial charge in [0.15, 0.2) is 5.79 Å². The van der Waals surface area contributed by atoms with Gasteiger partial charge in [-0.3, -0.25) is 0 Å². The van der Waals surface area contributed by atoms with Crippen LogP contribution in [0.3, 0.4) is 0 Å². The van der Waals surface area contributed by atoms with Crippen LogP contribution in [-0.2, 0) is 9.47 Å². The molecule has 16 heavy (non-hydrogen) atoms. The van der Waals surface area contributed by atoms with Gasteiger partial charge in [0.2, 0.25) is 0 Å². The Kier molecular flexibility index (Phi) is 2.88. The minimum absolute atomic E-state index is 0.0809. The van der Waals surface area contributed by atoms with E-state index in [2.05, 4.69) is 0 Å². The Morgan fingerprint density at radius 2 is 2.00 bits per heavy atom. The van der Waals surface area contributed by atoms with Gasteiger partial charge in [-0.1, -0.05) is 18.2 Å². The van der Waals surface area contributed by atoms with Gasteiger partial charge >= 0.3 is 0 Å². The molecule has 0 aromatic heterocycles. The van der Waals surface area contributed by atoms with Crippen molar-refractivity contribution >= 4 is 5.69 Å².